The van der Waals surface area contributed by atoms with Crippen LogP contribution < -0.4 is 10.1 Å². The zero-order valence-corrected chi connectivity index (χ0v) is 12.6. The van der Waals surface area contributed by atoms with Gasteiger partial charge in [-0.3, -0.25) is 4.90 Å². The Labute approximate surface area is 122 Å². The maximum absolute atomic E-state index is 5.87. The second-order valence-electron chi connectivity index (χ2n) is 6.16. The molecule has 2 aliphatic heterocycles. The third-order valence-corrected chi connectivity index (χ3v) is 4.91. The molecule has 3 nitrogen and oxygen atoms in total. The number of hydrogen-bond donors (Lipinski definition) is 1. The van der Waals surface area contributed by atoms with Crippen molar-refractivity contribution in [1.82, 2.24) is 10.2 Å². The summed E-state index contributed by atoms with van der Waals surface area (Å²) in [6, 6.07) is 9.56. The number of fused-ring (bicyclic) bond motifs is 1. The first kappa shape index (κ1) is 13.9. The van der Waals surface area contributed by atoms with Crippen molar-refractivity contribution in [2.75, 3.05) is 26.2 Å². The quantitative estimate of drug-likeness (QED) is 0.917. The van der Waals surface area contributed by atoms with Gasteiger partial charge in [0.05, 0.1) is 6.04 Å². The molecule has 3 unspecified atom stereocenters. The molecule has 0 aromatic heterocycles. The SMILES string of the molecule is CCC(C)C1CN(C2COc3ccccc32)CCCN1. The minimum atomic E-state index is 0.442. The number of para-hydroxylation sites is 1. The van der Waals surface area contributed by atoms with Gasteiger partial charge >= 0.3 is 0 Å². The topological polar surface area (TPSA) is 24.5 Å². The summed E-state index contributed by atoms with van der Waals surface area (Å²) in [6.45, 7) is 8.91. The first-order chi connectivity index (χ1) is 9.79. The lowest BCUT2D eigenvalue weighted by Gasteiger charge is -2.31. The highest BCUT2D eigenvalue weighted by Crippen LogP contribution is 2.36. The molecule has 0 aliphatic carbocycles. The van der Waals surface area contributed by atoms with Gasteiger partial charge in [-0.1, -0.05) is 38.5 Å². The van der Waals surface area contributed by atoms with Crippen LogP contribution >= 0.6 is 0 Å². The second-order valence-corrected chi connectivity index (χ2v) is 6.16. The fourth-order valence-electron chi connectivity index (χ4n) is 3.37. The van der Waals surface area contributed by atoms with Gasteiger partial charge in [0, 0.05) is 24.7 Å². The van der Waals surface area contributed by atoms with E-state index < -0.39 is 0 Å². The smallest absolute Gasteiger partial charge is 0.124 e. The van der Waals surface area contributed by atoms with Crippen molar-refractivity contribution in [2.45, 2.75) is 38.8 Å². The molecule has 1 aromatic carbocycles. The molecule has 0 saturated carbocycles. The molecule has 2 aliphatic rings. The van der Waals surface area contributed by atoms with Gasteiger partial charge in [-0.2, -0.15) is 0 Å². The number of nitrogens with one attached hydrogen (secondary N) is 1. The molecule has 110 valence electrons. The number of benzene rings is 1. The molecular weight excluding hydrogens is 248 g/mol. The summed E-state index contributed by atoms with van der Waals surface area (Å²) in [5.74, 6) is 1.81. The Morgan fingerprint density at radius 2 is 2.25 bits per heavy atom. The molecular formula is C17H26N2O. The van der Waals surface area contributed by atoms with E-state index in [9.17, 15) is 0 Å². The van der Waals surface area contributed by atoms with E-state index in [-0.39, 0.29) is 0 Å². The van der Waals surface area contributed by atoms with Gasteiger partial charge in [-0.05, 0) is 24.9 Å². The van der Waals surface area contributed by atoms with Crippen molar-refractivity contribution in [2.24, 2.45) is 5.92 Å². The van der Waals surface area contributed by atoms with Crippen LogP contribution in [0.4, 0.5) is 0 Å². The van der Waals surface area contributed by atoms with Crippen LogP contribution in [0.3, 0.4) is 0 Å². The molecule has 0 spiro atoms. The van der Waals surface area contributed by atoms with Crippen molar-refractivity contribution >= 4 is 0 Å². The van der Waals surface area contributed by atoms with E-state index in [4.69, 9.17) is 4.74 Å². The number of hydrogen-bond acceptors (Lipinski definition) is 3. The molecule has 3 rings (SSSR count). The highest BCUT2D eigenvalue weighted by Gasteiger charge is 2.32. The molecule has 0 amide bonds. The average molecular weight is 274 g/mol. The lowest BCUT2D eigenvalue weighted by Crippen LogP contribution is -2.43. The fraction of sp³-hybridized carbons (Fsp3) is 0.647. The summed E-state index contributed by atoms with van der Waals surface area (Å²) in [7, 11) is 0. The van der Waals surface area contributed by atoms with E-state index in [0.717, 1.165) is 31.4 Å². The van der Waals surface area contributed by atoms with Crippen LogP contribution in [0, 0.1) is 5.92 Å². The Hall–Kier alpha value is -1.06. The first-order valence-electron chi connectivity index (χ1n) is 7.98. The van der Waals surface area contributed by atoms with Gasteiger partial charge < -0.3 is 10.1 Å². The van der Waals surface area contributed by atoms with E-state index in [1.54, 1.807) is 0 Å². The van der Waals surface area contributed by atoms with Crippen LogP contribution in [0.15, 0.2) is 24.3 Å². The predicted molar refractivity (Wildman–Crippen MR) is 82.1 cm³/mol. The van der Waals surface area contributed by atoms with Crippen molar-refractivity contribution in [3.63, 3.8) is 0 Å². The minimum Gasteiger partial charge on any atom is -0.491 e. The van der Waals surface area contributed by atoms with Gasteiger partial charge in [-0.25, -0.2) is 0 Å². The molecule has 0 radical (unpaired) electrons. The normalized spacial score (nSPS) is 28.5. The van der Waals surface area contributed by atoms with E-state index >= 15 is 0 Å². The highest BCUT2D eigenvalue weighted by molar-refractivity contribution is 5.39. The average Bonchev–Trinajstić information content (AvgIpc) is 2.76. The predicted octanol–water partition coefficient (Wildman–Crippen LogP) is 2.83. The Kier molecular flexibility index (Phi) is 4.27. The summed E-state index contributed by atoms with van der Waals surface area (Å²) in [5.41, 5.74) is 1.37. The molecule has 1 aromatic rings. The molecule has 1 fully saturated rings. The fourth-order valence-corrected chi connectivity index (χ4v) is 3.37. The van der Waals surface area contributed by atoms with Crippen LogP contribution in [0.5, 0.6) is 5.75 Å². The minimum absolute atomic E-state index is 0.442. The van der Waals surface area contributed by atoms with Gasteiger partial charge in [-0.15, -0.1) is 0 Å². The molecule has 20 heavy (non-hydrogen) atoms. The Balaban J connectivity index is 1.76. The van der Waals surface area contributed by atoms with Crippen molar-refractivity contribution in [1.29, 1.82) is 0 Å². The van der Waals surface area contributed by atoms with Gasteiger partial charge in [0.15, 0.2) is 0 Å². The summed E-state index contributed by atoms with van der Waals surface area (Å²) in [6.07, 6.45) is 2.47. The van der Waals surface area contributed by atoms with Gasteiger partial charge in [0.2, 0.25) is 0 Å². The summed E-state index contributed by atoms with van der Waals surface area (Å²) in [4.78, 5) is 2.63. The molecule has 1 N–H and O–H groups in total. The molecule has 2 heterocycles. The highest BCUT2D eigenvalue weighted by atomic mass is 16.5. The maximum atomic E-state index is 5.87. The third-order valence-electron chi connectivity index (χ3n) is 4.91. The molecule has 1 saturated heterocycles. The number of rotatable bonds is 3. The Morgan fingerprint density at radius 3 is 3.10 bits per heavy atom. The molecule has 3 atom stereocenters. The second kappa shape index (κ2) is 6.15. The first-order valence-corrected chi connectivity index (χ1v) is 7.98. The lowest BCUT2D eigenvalue weighted by molar-refractivity contribution is 0.150. The van der Waals surface area contributed by atoms with Crippen LogP contribution in [0.1, 0.15) is 38.3 Å². The van der Waals surface area contributed by atoms with Crippen molar-refractivity contribution < 1.29 is 4.74 Å². The standard InChI is InChI=1S/C17H26N2O/c1-3-13(2)15-11-19(10-6-9-18-15)16-12-20-17-8-5-4-7-14(16)17/h4-5,7-8,13,15-16,18H,3,6,9-12H2,1-2H3. The third kappa shape index (κ3) is 2.70. The Bertz CT molecular complexity index is 448. The lowest BCUT2D eigenvalue weighted by atomic mass is 9.98. The monoisotopic (exact) mass is 274 g/mol. The van der Waals surface area contributed by atoms with Crippen LogP contribution in [0.2, 0.25) is 0 Å². The van der Waals surface area contributed by atoms with E-state index in [0.29, 0.717) is 12.1 Å². The van der Waals surface area contributed by atoms with Crippen molar-refractivity contribution in [3.05, 3.63) is 29.8 Å². The van der Waals surface area contributed by atoms with Crippen LogP contribution in [-0.4, -0.2) is 37.2 Å². The zero-order valence-electron chi connectivity index (χ0n) is 12.6. The van der Waals surface area contributed by atoms with Gasteiger partial charge in [0.25, 0.3) is 0 Å². The van der Waals surface area contributed by atoms with Crippen LogP contribution in [-0.2, 0) is 0 Å². The maximum Gasteiger partial charge on any atom is 0.124 e. The molecule has 0 bridgehead atoms. The zero-order chi connectivity index (χ0) is 13.9. The van der Waals surface area contributed by atoms with E-state index in [1.807, 2.05) is 0 Å². The van der Waals surface area contributed by atoms with Crippen LogP contribution in [0.25, 0.3) is 0 Å². The number of nitrogens with zero attached hydrogens (tertiary/aromatic N) is 1. The van der Waals surface area contributed by atoms with Crippen molar-refractivity contribution in [3.8, 4) is 5.75 Å². The summed E-state index contributed by atoms with van der Waals surface area (Å²) < 4.78 is 5.87. The summed E-state index contributed by atoms with van der Waals surface area (Å²) >= 11 is 0. The van der Waals surface area contributed by atoms with E-state index in [1.165, 1.54) is 24.9 Å². The Morgan fingerprint density at radius 1 is 1.40 bits per heavy atom. The number of ether oxygens (including phenoxy) is 1. The molecule has 3 heteroatoms. The largest absolute Gasteiger partial charge is 0.491 e. The van der Waals surface area contributed by atoms with E-state index in [2.05, 4.69) is 48.3 Å². The van der Waals surface area contributed by atoms with Gasteiger partial charge in [0.1, 0.15) is 12.4 Å². The summed E-state index contributed by atoms with van der Waals surface area (Å²) in [5, 5.41) is 3.73.